The number of halogens is 2. The standard InChI is InChI=1S/C29H26F2N2O4/c1-4-5-13-33-28(34)19-8-6-7-18(14-19)23-20(16-36-3)15-22-24(26(23)31)25(29(35)32-2)27(37-22)17-9-11-21(30)12-10-17/h4,6-12,14-15H,1,5,13,16H2,2-3H3,(H,32,35)(H,33,34). The summed E-state index contributed by atoms with van der Waals surface area (Å²) in [7, 11) is 2.92. The van der Waals surface area contributed by atoms with Gasteiger partial charge in [-0.25, -0.2) is 8.78 Å². The third-order valence-electron chi connectivity index (χ3n) is 5.91. The predicted octanol–water partition coefficient (Wildman–Crippen LogP) is 5.86. The second-order valence-corrected chi connectivity index (χ2v) is 8.34. The summed E-state index contributed by atoms with van der Waals surface area (Å²) in [5, 5.41) is 5.31. The number of rotatable bonds is 9. The van der Waals surface area contributed by atoms with E-state index in [1.165, 1.54) is 38.4 Å². The topological polar surface area (TPSA) is 80.6 Å². The molecular weight excluding hydrogens is 478 g/mol. The summed E-state index contributed by atoms with van der Waals surface area (Å²) in [5.74, 6) is -1.89. The van der Waals surface area contributed by atoms with Crippen LogP contribution >= 0.6 is 0 Å². The number of nitrogens with one attached hydrogen (secondary N) is 2. The molecule has 0 aliphatic rings. The molecule has 0 fully saturated rings. The van der Waals surface area contributed by atoms with Crippen molar-refractivity contribution in [3.8, 4) is 22.5 Å². The minimum Gasteiger partial charge on any atom is -0.455 e. The molecule has 4 aromatic rings. The summed E-state index contributed by atoms with van der Waals surface area (Å²) >= 11 is 0. The molecule has 2 N–H and O–H groups in total. The van der Waals surface area contributed by atoms with Crippen molar-refractivity contribution in [2.45, 2.75) is 13.0 Å². The Morgan fingerprint density at radius 3 is 2.49 bits per heavy atom. The molecule has 37 heavy (non-hydrogen) atoms. The van der Waals surface area contributed by atoms with E-state index in [0.29, 0.717) is 35.2 Å². The summed E-state index contributed by atoms with van der Waals surface area (Å²) in [6, 6.07) is 13.6. The fourth-order valence-electron chi connectivity index (χ4n) is 4.20. The number of hydrogen-bond donors (Lipinski definition) is 2. The molecule has 0 atom stereocenters. The van der Waals surface area contributed by atoms with Gasteiger partial charge in [0.15, 0.2) is 0 Å². The Bertz CT molecular complexity index is 1480. The summed E-state index contributed by atoms with van der Waals surface area (Å²) in [6.45, 7) is 4.12. The summed E-state index contributed by atoms with van der Waals surface area (Å²) < 4.78 is 41.2. The van der Waals surface area contributed by atoms with Crippen molar-refractivity contribution in [2.24, 2.45) is 0 Å². The van der Waals surface area contributed by atoms with Crippen LogP contribution in [0.4, 0.5) is 8.78 Å². The van der Waals surface area contributed by atoms with Gasteiger partial charge in [-0.2, -0.15) is 0 Å². The lowest BCUT2D eigenvalue weighted by molar-refractivity contribution is 0.0950. The van der Waals surface area contributed by atoms with Crippen molar-refractivity contribution >= 4 is 22.8 Å². The third-order valence-corrected chi connectivity index (χ3v) is 5.91. The number of hydrogen-bond acceptors (Lipinski definition) is 4. The second-order valence-electron chi connectivity index (χ2n) is 8.34. The van der Waals surface area contributed by atoms with E-state index in [4.69, 9.17) is 9.15 Å². The van der Waals surface area contributed by atoms with Gasteiger partial charge >= 0.3 is 0 Å². The molecule has 1 aromatic heterocycles. The molecule has 2 amide bonds. The molecule has 4 rings (SSSR count). The molecule has 0 spiro atoms. The largest absolute Gasteiger partial charge is 0.455 e. The van der Waals surface area contributed by atoms with Crippen molar-refractivity contribution in [3.63, 3.8) is 0 Å². The summed E-state index contributed by atoms with van der Waals surface area (Å²) in [5.41, 5.74) is 2.01. The average Bonchev–Trinajstić information content (AvgIpc) is 3.29. The predicted molar refractivity (Wildman–Crippen MR) is 138 cm³/mol. The lowest BCUT2D eigenvalue weighted by atomic mass is 9.94. The van der Waals surface area contributed by atoms with Crippen LogP contribution in [-0.2, 0) is 11.3 Å². The average molecular weight is 505 g/mol. The lowest BCUT2D eigenvalue weighted by Crippen LogP contribution is -2.24. The molecule has 0 aliphatic heterocycles. The molecule has 1 heterocycles. The smallest absolute Gasteiger partial charge is 0.255 e. The number of amides is 2. The van der Waals surface area contributed by atoms with Crippen LogP contribution in [0.15, 0.2) is 71.7 Å². The fraction of sp³-hybridized carbons (Fsp3) is 0.172. The first-order valence-corrected chi connectivity index (χ1v) is 11.6. The van der Waals surface area contributed by atoms with E-state index in [0.717, 1.165) is 0 Å². The van der Waals surface area contributed by atoms with Crippen LogP contribution in [0.2, 0.25) is 0 Å². The van der Waals surface area contributed by atoms with Crippen molar-refractivity contribution in [2.75, 3.05) is 20.7 Å². The van der Waals surface area contributed by atoms with E-state index in [1.807, 2.05) is 0 Å². The fourth-order valence-corrected chi connectivity index (χ4v) is 4.20. The Balaban J connectivity index is 1.94. The van der Waals surface area contributed by atoms with E-state index in [9.17, 15) is 14.0 Å². The molecule has 190 valence electrons. The van der Waals surface area contributed by atoms with Crippen LogP contribution in [0.1, 0.15) is 32.7 Å². The van der Waals surface area contributed by atoms with E-state index >= 15 is 4.39 Å². The minimum atomic E-state index is -0.690. The zero-order chi connectivity index (χ0) is 26.5. The van der Waals surface area contributed by atoms with Gasteiger partial charge in [-0.1, -0.05) is 18.2 Å². The molecule has 0 saturated carbocycles. The highest BCUT2D eigenvalue weighted by molar-refractivity contribution is 6.12. The molecule has 0 unspecified atom stereocenters. The minimum absolute atomic E-state index is 0.00912. The van der Waals surface area contributed by atoms with Crippen LogP contribution in [0.5, 0.6) is 0 Å². The highest BCUT2D eigenvalue weighted by Gasteiger charge is 2.28. The lowest BCUT2D eigenvalue weighted by Gasteiger charge is -2.13. The summed E-state index contributed by atoms with van der Waals surface area (Å²) in [4.78, 5) is 25.6. The van der Waals surface area contributed by atoms with Gasteiger partial charge in [0.2, 0.25) is 0 Å². The molecular formula is C29H26F2N2O4. The monoisotopic (exact) mass is 504 g/mol. The molecule has 0 radical (unpaired) electrons. The first-order chi connectivity index (χ1) is 17.9. The zero-order valence-corrected chi connectivity index (χ0v) is 20.5. The first kappa shape index (κ1) is 25.8. The van der Waals surface area contributed by atoms with Crippen molar-refractivity contribution in [1.82, 2.24) is 10.6 Å². The Kier molecular flexibility index (Phi) is 7.79. The number of benzene rings is 3. The Morgan fingerprint density at radius 1 is 1.05 bits per heavy atom. The highest BCUT2D eigenvalue weighted by atomic mass is 19.1. The van der Waals surface area contributed by atoms with Crippen LogP contribution in [0.3, 0.4) is 0 Å². The first-order valence-electron chi connectivity index (χ1n) is 11.6. The second kappa shape index (κ2) is 11.2. The van der Waals surface area contributed by atoms with Gasteiger partial charge < -0.3 is 19.8 Å². The molecule has 3 aromatic carbocycles. The van der Waals surface area contributed by atoms with Crippen LogP contribution in [0.25, 0.3) is 33.4 Å². The van der Waals surface area contributed by atoms with Crippen molar-refractivity contribution in [1.29, 1.82) is 0 Å². The molecule has 0 aliphatic carbocycles. The van der Waals surface area contributed by atoms with Gasteiger partial charge in [-0.3, -0.25) is 9.59 Å². The van der Waals surface area contributed by atoms with Gasteiger partial charge in [0.05, 0.1) is 17.6 Å². The van der Waals surface area contributed by atoms with Crippen LogP contribution in [0, 0.1) is 11.6 Å². The maximum Gasteiger partial charge on any atom is 0.255 e. The molecule has 0 bridgehead atoms. The van der Waals surface area contributed by atoms with E-state index in [1.54, 1.807) is 36.4 Å². The van der Waals surface area contributed by atoms with Gasteiger partial charge in [-0.05, 0) is 60.0 Å². The maximum absolute atomic E-state index is 16.4. The molecule has 0 saturated heterocycles. The van der Waals surface area contributed by atoms with Gasteiger partial charge in [-0.15, -0.1) is 6.58 Å². The normalized spacial score (nSPS) is 10.9. The van der Waals surface area contributed by atoms with Gasteiger partial charge in [0.1, 0.15) is 23.0 Å². The summed E-state index contributed by atoms with van der Waals surface area (Å²) in [6.07, 6.45) is 2.32. The van der Waals surface area contributed by atoms with E-state index in [2.05, 4.69) is 17.2 Å². The number of furan rings is 1. The third kappa shape index (κ3) is 5.15. The van der Waals surface area contributed by atoms with Crippen LogP contribution < -0.4 is 10.6 Å². The van der Waals surface area contributed by atoms with E-state index in [-0.39, 0.29) is 40.4 Å². The number of carbonyl (C=O) groups excluding carboxylic acids is 2. The number of methoxy groups -OCH3 is 1. The Labute approximate surface area is 212 Å². The van der Waals surface area contributed by atoms with Crippen LogP contribution in [-0.4, -0.2) is 32.5 Å². The van der Waals surface area contributed by atoms with Crippen molar-refractivity contribution < 1.29 is 27.5 Å². The van der Waals surface area contributed by atoms with Gasteiger partial charge in [0, 0.05) is 37.4 Å². The highest BCUT2D eigenvalue weighted by Crippen LogP contribution is 2.40. The quantitative estimate of drug-likeness (QED) is 0.221. The SMILES string of the molecule is C=CCCNC(=O)c1cccc(-c2c(COC)cc3oc(-c4ccc(F)cc4)c(C(=O)NC)c3c2F)c1. The van der Waals surface area contributed by atoms with E-state index < -0.39 is 17.5 Å². The Morgan fingerprint density at radius 2 is 1.81 bits per heavy atom. The maximum atomic E-state index is 16.4. The van der Waals surface area contributed by atoms with Gasteiger partial charge in [0.25, 0.3) is 11.8 Å². The number of carbonyl (C=O) groups is 2. The molecule has 6 nitrogen and oxygen atoms in total. The number of fused-ring (bicyclic) bond motifs is 1. The zero-order valence-electron chi connectivity index (χ0n) is 20.5. The number of ether oxygens (including phenoxy) is 1. The Hall–Kier alpha value is -4.30. The molecule has 8 heteroatoms. The van der Waals surface area contributed by atoms with Crippen molar-refractivity contribution in [3.05, 3.63) is 95.6 Å².